The van der Waals surface area contributed by atoms with Crippen molar-refractivity contribution in [2.24, 2.45) is 9.98 Å². The first kappa shape index (κ1) is 29.6. The van der Waals surface area contributed by atoms with Crippen molar-refractivity contribution in [1.82, 2.24) is 14.7 Å². The van der Waals surface area contributed by atoms with Crippen LogP contribution < -0.4 is 15.2 Å². The number of hydrogen-bond acceptors (Lipinski definition) is 8. The molecule has 242 valence electrons. The van der Waals surface area contributed by atoms with Gasteiger partial charge in [0.1, 0.15) is 17.7 Å². The molecule has 3 aliphatic heterocycles. The Morgan fingerprint density at radius 3 is 2.35 bits per heavy atom. The van der Waals surface area contributed by atoms with Crippen molar-refractivity contribution in [1.29, 1.82) is 0 Å². The first-order valence-corrected chi connectivity index (χ1v) is 16.9. The van der Waals surface area contributed by atoms with Crippen LogP contribution in [-0.4, -0.2) is 52.5 Å². The fraction of sp³-hybridized carbons (Fsp3) is 0.158. The van der Waals surface area contributed by atoms with Gasteiger partial charge in [0.15, 0.2) is 22.9 Å². The lowest BCUT2D eigenvalue weighted by Gasteiger charge is -2.44. The zero-order valence-corrected chi connectivity index (χ0v) is 28.0. The molecule has 0 radical (unpaired) electrons. The van der Waals surface area contributed by atoms with E-state index < -0.39 is 6.04 Å². The van der Waals surface area contributed by atoms with Crippen molar-refractivity contribution < 1.29 is 8.81 Å². The van der Waals surface area contributed by atoms with Gasteiger partial charge in [-0.1, -0.05) is 46.3 Å². The highest BCUT2D eigenvalue weighted by molar-refractivity contribution is 9.10. The summed E-state index contributed by atoms with van der Waals surface area (Å²) in [6.45, 7) is 4.75. The summed E-state index contributed by atoms with van der Waals surface area (Å²) in [6, 6.07) is 29.4. The molecule has 2 aromatic heterocycles. The summed E-state index contributed by atoms with van der Waals surface area (Å²) >= 11 is 3.54. The van der Waals surface area contributed by atoms with Crippen molar-refractivity contribution >= 4 is 61.5 Å². The maximum absolute atomic E-state index is 14.5. The molecule has 0 saturated carbocycles. The maximum atomic E-state index is 14.5. The minimum atomic E-state index is -0.605. The quantitative estimate of drug-likeness (QED) is 0.187. The molecule has 9 rings (SSSR count). The Labute approximate surface area is 289 Å². The highest BCUT2D eigenvalue weighted by atomic mass is 79.9. The van der Waals surface area contributed by atoms with Crippen molar-refractivity contribution in [2.75, 3.05) is 36.0 Å². The Bertz CT molecular complexity index is 2380. The Kier molecular flexibility index (Phi) is 6.97. The summed E-state index contributed by atoms with van der Waals surface area (Å²) in [7, 11) is 0. The molecular formula is C38H29BrFN7O2. The molecule has 1 fully saturated rings. The Balaban J connectivity index is 1.23. The first-order chi connectivity index (χ1) is 23.9. The van der Waals surface area contributed by atoms with Gasteiger partial charge in [0.25, 0.3) is 0 Å². The topological polar surface area (TPSA) is 82.5 Å². The summed E-state index contributed by atoms with van der Waals surface area (Å²) in [5, 5.41) is 5.49. The predicted molar refractivity (Wildman–Crippen MR) is 194 cm³/mol. The Morgan fingerprint density at radius 1 is 0.816 bits per heavy atom. The fourth-order valence-corrected chi connectivity index (χ4v) is 7.45. The van der Waals surface area contributed by atoms with Crippen molar-refractivity contribution in [3.05, 3.63) is 141 Å². The van der Waals surface area contributed by atoms with E-state index in [4.69, 9.17) is 19.5 Å². The fourth-order valence-electron chi connectivity index (χ4n) is 7.09. The summed E-state index contributed by atoms with van der Waals surface area (Å²) < 4.78 is 22.5. The van der Waals surface area contributed by atoms with E-state index >= 15 is 0 Å². The molecule has 1 unspecified atom stereocenters. The number of para-hydroxylation sites is 3. The molecule has 11 heteroatoms. The van der Waals surface area contributed by atoms with E-state index in [1.54, 1.807) is 18.4 Å². The molecule has 0 spiro atoms. The van der Waals surface area contributed by atoms with Crippen LogP contribution in [0.25, 0.3) is 16.7 Å². The number of nitrogens with zero attached hydrogens (tertiary/aromatic N) is 7. The summed E-state index contributed by atoms with van der Waals surface area (Å²) in [5.74, 6) is 1.75. The lowest BCUT2D eigenvalue weighted by molar-refractivity contribution is 0.389. The summed E-state index contributed by atoms with van der Waals surface area (Å²) in [5.41, 5.74) is 5.92. The number of amidine groups is 2. The molecule has 9 nitrogen and oxygen atoms in total. The standard InChI is InChI=1S/C38H29BrFN7O2/c1-23-33-34(29-22-49-32-16-11-24(39)21-28(32)35(29)48)46-31-10-6-5-9-30(31)41-37(38(46)42-36(33)47(43-23)27-7-3-2-4-8-27)45-19-17-44(18-20-45)26-14-12-25(40)13-15-26/h2-16,21-22,34H,17-20H2,1H3. The molecule has 0 aliphatic carbocycles. The van der Waals surface area contributed by atoms with Crippen LogP contribution in [0.3, 0.4) is 0 Å². The number of aryl methyl sites for hydroxylation is 1. The van der Waals surface area contributed by atoms with E-state index in [2.05, 4.69) is 30.6 Å². The average Bonchev–Trinajstić information content (AvgIpc) is 3.47. The third-order valence-electron chi connectivity index (χ3n) is 9.45. The van der Waals surface area contributed by atoms with E-state index in [1.165, 1.54) is 12.1 Å². The highest BCUT2D eigenvalue weighted by Gasteiger charge is 2.44. The predicted octanol–water partition coefficient (Wildman–Crippen LogP) is 7.69. The summed E-state index contributed by atoms with van der Waals surface area (Å²) in [4.78, 5) is 31.7. The molecular weight excluding hydrogens is 685 g/mol. The SMILES string of the molecule is Cc1nn(-c2ccccc2)c2c1C(c1coc3ccc(Br)cc3c1=O)N1C(=N2)C(N2CCN(c3ccc(F)cc3)CC2)=Nc2ccccc21. The lowest BCUT2D eigenvalue weighted by atomic mass is 9.93. The number of rotatable bonds is 3. The van der Waals surface area contributed by atoms with Gasteiger partial charge in [0.05, 0.1) is 39.7 Å². The molecule has 6 aromatic rings. The number of halogens is 2. The van der Waals surface area contributed by atoms with Gasteiger partial charge in [-0.25, -0.2) is 19.1 Å². The summed E-state index contributed by atoms with van der Waals surface area (Å²) in [6.07, 6.45) is 1.59. The van der Waals surface area contributed by atoms with Crippen LogP contribution in [0.15, 0.2) is 127 Å². The molecule has 0 amide bonds. The molecule has 4 aromatic carbocycles. The van der Waals surface area contributed by atoms with E-state index in [9.17, 15) is 9.18 Å². The highest BCUT2D eigenvalue weighted by Crippen LogP contribution is 2.48. The molecule has 1 atom stereocenters. The van der Waals surface area contributed by atoms with Gasteiger partial charge in [0, 0.05) is 41.9 Å². The van der Waals surface area contributed by atoms with Gasteiger partial charge in [-0.2, -0.15) is 5.10 Å². The van der Waals surface area contributed by atoms with Crippen molar-refractivity contribution in [3.63, 3.8) is 0 Å². The maximum Gasteiger partial charge on any atom is 0.198 e. The number of anilines is 2. The van der Waals surface area contributed by atoms with Gasteiger partial charge >= 0.3 is 0 Å². The number of aliphatic imine (C=N–C) groups is 2. The van der Waals surface area contributed by atoms with E-state index in [1.807, 2.05) is 84.4 Å². The largest absolute Gasteiger partial charge is 0.464 e. The second kappa shape index (κ2) is 11.6. The Hall–Kier alpha value is -5.55. The van der Waals surface area contributed by atoms with Crippen LogP contribution in [-0.2, 0) is 0 Å². The van der Waals surface area contributed by atoms with Crippen LogP contribution in [0, 0.1) is 12.7 Å². The minimum absolute atomic E-state index is 0.124. The van der Waals surface area contributed by atoms with E-state index in [0.29, 0.717) is 41.3 Å². The van der Waals surface area contributed by atoms with Gasteiger partial charge in [-0.15, -0.1) is 0 Å². The smallest absolute Gasteiger partial charge is 0.198 e. The number of fused-ring (bicyclic) bond motifs is 5. The van der Waals surface area contributed by atoms with Gasteiger partial charge in [-0.05, 0) is 73.7 Å². The van der Waals surface area contributed by atoms with Crippen LogP contribution in [0.4, 0.5) is 27.3 Å². The van der Waals surface area contributed by atoms with Gasteiger partial charge < -0.3 is 19.1 Å². The number of aromatic nitrogens is 2. The molecule has 49 heavy (non-hydrogen) atoms. The molecule has 5 heterocycles. The van der Waals surface area contributed by atoms with Crippen molar-refractivity contribution in [3.8, 4) is 5.69 Å². The third kappa shape index (κ3) is 4.87. The van der Waals surface area contributed by atoms with Gasteiger partial charge in [-0.3, -0.25) is 4.79 Å². The molecule has 1 saturated heterocycles. The monoisotopic (exact) mass is 713 g/mol. The molecule has 0 bridgehead atoms. The molecule has 0 N–H and O–H groups in total. The van der Waals surface area contributed by atoms with Gasteiger partial charge in [0.2, 0.25) is 0 Å². The normalized spacial score (nSPS) is 17.0. The number of benzene rings is 4. The first-order valence-electron chi connectivity index (χ1n) is 16.1. The number of hydrogen-bond donors (Lipinski definition) is 0. The van der Waals surface area contributed by atoms with Crippen LogP contribution in [0.5, 0.6) is 0 Å². The zero-order chi connectivity index (χ0) is 33.2. The van der Waals surface area contributed by atoms with Crippen LogP contribution in [0.2, 0.25) is 0 Å². The second-order valence-electron chi connectivity index (χ2n) is 12.3. The van der Waals surface area contributed by atoms with Crippen LogP contribution in [0.1, 0.15) is 22.9 Å². The Morgan fingerprint density at radius 2 is 1.55 bits per heavy atom. The van der Waals surface area contributed by atoms with Crippen molar-refractivity contribution in [2.45, 2.75) is 13.0 Å². The minimum Gasteiger partial charge on any atom is -0.464 e. The van der Waals surface area contributed by atoms with Crippen LogP contribution >= 0.6 is 15.9 Å². The van der Waals surface area contributed by atoms with E-state index in [-0.39, 0.29) is 11.2 Å². The average molecular weight is 715 g/mol. The lowest BCUT2D eigenvalue weighted by Crippen LogP contribution is -2.56. The van der Waals surface area contributed by atoms with E-state index in [0.717, 1.165) is 57.4 Å². The third-order valence-corrected chi connectivity index (χ3v) is 9.94. The molecule has 3 aliphatic rings. The second-order valence-corrected chi connectivity index (χ2v) is 13.2. The zero-order valence-electron chi connectivity index (χ0n) is 26.4. The number of piperazine rings is 1.